The van der Waals surface area contributed by atoms with Crippen molar-refractivity contribution in [3.05, 3.63) is 59.7 Å². The molecule has 0 N–H and O–H groups in total. The van der Waals surface area contributed by atoms with Crippen LogP contribution in [0.2, 0.25) is 0 Å². The standard InChI is InChI=1S/C22H26N2O2S/c1-3-23(16-18-9-5-4-8-17(18)2)21(25)12-13-22(26)24-14-15-27-20-11-7-6-10-19(20)24/h4-11H,3,12-16H2,1-2H3. The Morgan fingerprint density at radius 1 is 1.07 bits per heavy atom. The van der Waals surface area contributed by atoms with Crippen molar-refractivity contribution in [2.45, 2.75) is 38.1 Å². The van der Waals surface area contributed by atoms with Crippen LogP contribution in [0.5, 0.6) is 0 Å². The van der Waals surface area contributed by atoms with E-state index in [2.05, 4.69) is 19.1 Å². The van der Waals surface area contributed by atoms with Crippen molar-refractivity contribution < 1.29 is 9.59 Å². The van der Waals surface area contributed by atoms with E-state index in [1.54, 1.807) is 11.8 Å². The second-order valence-corrected chi connectivity index (χ2v) is 7.83. The van der Waals surface area contributed by atoms with Gasteiger partial charge in [0.25, 0.3) is 0 Å². The number of hydrogen-bond donors (Lipinski definition) is 0. The summed E-state index contributed by atoms with van der Waals surface area (Å²) in [5.74, 6) is 0.960. The molecule has 2 aromatic carbocycles. The van der Waals surface area contributed by atoms with Gasteiger partial charge in [-0.15, -0.1) is 11.8 Å². The Balaban J connectivity index is 1.60. The third-order valence-corrected chi connectivity index (χ3v) is 5.98. The van der Waals surface area contributed by atoms with Gasteiger partial charge in [-0.1, -0.05) is 36.4 Å². The van der Waals surface area contributed by atoms with Crippen molar-refractivity contribution in [2.24, 2.45) is 0 Å². The van der Waals surface area contributed by atoms with E-state index < -0.39 is 0 Å². The van der Waals surface area contributed by atoms with Gasteiger partial charge < -0.3 is 9.80 Å². The maximum atomic E-state index is 12.7. The van der Waals surface area contributed by atoms with Crippen LogP contribution in [0.25, 0.3) is 0 Å². The largest absolute Gasteiger partial charge is 0.339 e. The predicted molar refractivity (Wildman–Crippen MR) is 111 cm³/mol. The van der Waals surface area contributed by atoms with Crippen molar-refractivity contribution in [1.82, 2.24) is 4.90 Å². The SMILES string of the molecule is CCN(Cc1ccccc1C)C(=O)CCC(=O)N1CCSc2ccccc21. The molecule has 0 saturated heterocycles. The lowest BCUT2D eigenvalue weighted by Gasteiger charge is -2.29. The van der Waals surface area contributed by atoms with Crippen LogP contribution in [-0.2, 0) is 16.1 Å². The van der Waals surface area contributed by atoms with Crippen molar-refractivity contribution in [2.75, 3.05) is 23.7 Å². The molecule has 1 heterocycles. The summed E-state index contributed by atoms with van der Waals surface area (Å²) in [6, 6.07) is 16.1. The van der Waals surface area contributed by atoms with Crippen LogP contribution in [0.4, 0.5) is 5.69 Å². The van der Waals surface area contributed by atoms with E-state index in [1.165, 1.54) is 5.56 Å². The first-order chi connectivity index (χ1) is 13.1. The number of para-hydroxylation sites is 1. The summed E-state index contributed by atoms with van der Waals surface area (Å²) in [6.45, 7) is 5.98. The van der Waals surface area contributed by atoms with Crippen molar-refractivity contribution in [3.8, 4) is 0 Å². The zero-order valence-corrected chi connectivity index (χ0v) is 16.8. The average Bonchev–Trinajstić information content (AvgIpc) is 2.70. The van der Waals surface area contributed by atoms with Gasteiger partial charge in [0.05, 0.1) is 5.69 Å². The van der Waals surface area contributed by atoms with E-state index in [-0.39, 0.29) is 24.7 Å². The first kappa shape index (κ1) is 19.5. The van der Waals surface area contributed by atoms with Gasteiger partial charge in [-0.05, 0) is 37.1 Å². The molecule has 0 unspecified atom stereocenters. The minimum Gasteiger partial charge on any atom is -0.339 e. The number of hydrogen-bond acceptors (Lipinski definition) is 3. The van der Waals surface area contributed by atoms with Gasteiger partial charge >= 0.3 is 0 Å². The lowest BCUT2D eigenvalue weighted by atomic mass is 10.1. The van der Waals surface area contributed by atoms with Crippen molar-refractivity contribution in [3.63, 3.8) is 0 Å². The number of amides is 2. The molecule has 142 valence electrons. The fourth-order valence-electron chi connectivity index (χ4n) is 3.30. The number of carbonyl (C=O) groups excluding carboxylic acids is 2. The Morgan fingerprint density at radius 2 is 1.81 bits per heavy atom. The van der Waals surface area contributed by atoms with Gasteiger partial charge in [-0.3, -0.25) is 9.59 Å². The second kappa shape index (κ2) is 9.09. The normalized spacial score (nSPS) is 13.2. The molecule has 1 aliphatic rings. The van der Waals surface area contributed by atoms with Gasteiger partial charge in [0.15, 0.2) is 0 Å². The topological polar surface area (TPSA) is 40.6 Å². The molecule has 0 aliphatic carbocycles. The van der Waals surface area contributed by atoms with Gasteiger partial charge in [0.1, 0.15) is 0 Å². The van der Waals surface area contributed by atoms with Crippen LogP contribution in [-0.4, -0.2) is 35.6 Å². The summed E-state index contributed by atoms with van der Waals surface area (Å²) in [6.07, 6.45) is 0.506. The third kappa shape index (κ3) is 4.72. The van der Waals surface area contributed by atoms with E-state index in [0.29, 0.717) is 19.6 Å². The maximum Gasteiger partial charge on any atom is 0.227 e. The summed E-state index contributed by atoms with van der Waals surface area (Å²) >= 11 is 1.78. The summed E-state index contributed by atoms with van der Waals surface area (Å²) in [5.41, 5.74) is 3.31. The minimum atomic E-state index is 0.0306. The smallest absolute Gasteiger partial charge is 0.227 e. The quantitative estimate of drug-likeness (QED) is 0.749. The van der Waals surface area contributed by atoms with Crippen LogP contribution < -0.4 is 4.90 Å². The molecule has 3 rings (SSSR count). The van der Waals surface area contributed by atoms with Crippen LogP contribution in [0.1, 0.15) is 30.9 Å². The highest BCUT2D eigenvalue weighted by Crippen LogP contribution is 2.34. The molecule has 0 saturated carbocycles. The Hall–Kier alpha value is -2.27. The molecule has 5 heteroatoms. The van der Waals surface area contributed by atoms with E-state index in [9.17, 15) is 9.59 Å². The van der Waals surface area contributed by atoms with E-state index in [0.717, 1.165) is 21.9 Å². The van der Waals surface area contributed by atoms with Crippen molar-refractivity contribution >= 4 is 29.3 Å². The predicted octanol–water partition coefficient (Wildman–Crippen LogP) is 4.26. The van der Waals surface area contributed by atoms with Gasteiger partial charge in [0.2, 0.25) is 11.8 Å². The first-order valence-corrected chi connectivity index (χ1v) is 10.4. The van der Waals surface area contributed by atoms with Gasteiger partial charge in [0, 0.05) is 43.1 Å². The molecule has 27 heavy (non-hydrogen) atoms. The zero-order chi connectivity index (χ0) is 19.2. The first-order valence-electron chi connectivity index (χ1n) is 9.44. The lowest BCUT2D eigenvalue weighted by molar-refractivity contribution is -0.133. The highest BCUT2D eigenvalue weighted by Gasteiger charge is 2.23. The number of aryl methyl sites for hydroxylation is 1. The van der Waals surface area contributed by atoms with Crippen LogP contribution in [0.3, 0.4) is 0 Å². The van der Waals surface area contributed by atoms with Crippen LogP contribution in [0, 0.1) is 6.92 Å². The Kier molecular flexibility index (Phi) is 6.56. The van der Waals surface area contributed by atoms with Gasteiger partial charge in [-0.25, -0.2) is 0 Å². The van der Waals surface area contributed by atoms with Gasteiger partial charge in [-0.2, -0.15) is 0 Å². The number of carbonyl (C=O) groups is 2. The Labute approximate surface area is 165 Å². The fourth-order valence-corrected chi connectivity index (χ4v) is 4.30. The van der Waals surface area contributed by atoms with Crippen LogP contribution >= 0.6 is 11.8 Å². The number of fused-ring (bicyclic) bond motifs is 1. The highest BCUT2D eigenvalue weighted by atomic mass is 32.2. The third-order valence-electron chi connectivity index (χ3n) is 4.94. The molecule has 0 bridgehead atoms. The lowest BCUT2D eigenvalue weighted by Crippen LogP contribution is -2.37. The average molecular weight is 383 g/mol. The van der Waals surface area contributed by atoms with Crippen molar-refractivity contribution in [1.29, 1.82) is 0 Å². The molecule has 1 aliphatic heterocycles. The van der Waals surface area contributed by atoms with Crippen LogP contribution in [0.15, 0.2) is 53.4 Å². The zero-order valence-electron chi connectivity index (χ0n) is 16.0. The molecule has 0 radical (unpaired) electrons. The Morgan fingerprint density at radius 3 is 2.59 bits per heavy atom. The number of nitrogens with zero attached hydrogens (tertiary/aromatic N) is 2. The second-order valence-electron chi connectivity index (χ2n) is 6.70. The Bertz CT molecular complexity index is 821. The minimum absolute atomic E-state index is 0.0306. The highest BCUT2D eigenvalue weighted by molar-refractivity contribution is 7.99. The molecule has 2 amide bonds. The molecule has 2 aromatic rings. The molecule has 0 fully saturated rings. The van der Waals surface area contributed by atoms with E-state index in [1.807, 2.05) is 53.1 Å². The summed E-state index contributed by atoms with van der Waals surface area (Å²) in [7, 11) is 0. The number of anilines is 1. The summed E-state index contributed by atoms with van der Waals surface area (Å²) in [5, 5.41) is 0. The summed E-state index contributed by atoms with van der Waals surface area (Å²) in [4.78, 5) is 30.2. The molecule has 0 spiro atoms. The molecule has 0 aromatic heterocycles. The molecular formula is C22H26N2O2S. The maximum absolute atomic E-state index is 12.7. The van der Waals surface area contributed by atoms with E-state index >= 15 is 0 Å². The summed E-state index contributed by atoms with van der Waals surface area (Å²) < 4.78 is 0. The van der Waals surface area contributed by atoms with E-state index in [4.69, 9.17) is 0 Å². The fraction of sp³-hybridized carbons (Fsp3) is 0.364. The number of rotatable bonds is 6. The molecular weight excluding hydrogens is 356 g/mol. The molecule has 4 nitrogen and oxygen atoms in total. The number of thioether (sulfide) groups is 1. The molecule has 0 atom stereocenters. The number of benzene rings is 2. The monoisotopic (exact) mass is 382 g/mol.